The zero-order chi connectivity index (χ0) is 12.3. The van der Waals surface area contributed by atoms with Crippen molar-refractivity contribution < 1.29 is 4.79 Å². The van der Waals surface area contributed by atoms with Gasteiger partial charge in [0.2, 0.25) is 0 Å². The molecule has 1 aromatic heterocycles. The first kappa shape index (κ1) is 11.8. The van der Waals surface area contributed by atoms with Crippen LogP contribution in [0, 0.1) is 5.92 Å². The standard InChI is InChI=1S/C12H18N4O/c1-8-4-2-3-5-9(8)16-12(17)10-6-15-11(13)7-14-10/h6-9H,2-5H2,1H3,(H2,13,15)(H,16,17). The van der Waals surface area contributed by atoms with Gasteiger partial charge in [0, 0.05) is 6.04 Å². The minimum Gasteiger partial charge on any atom is -0.382 e. The number of hydrogen-bond donors (Lipinski definition) is 2. The maximum absolute atomic E-state index is 11.9. The van der Waals surface area contributed by atoms with Gasteiger partial charge in [-0.3, -0.25) is 4.79 Å². The molecule has 1 aromatic rings. The molecule has 1 aliphatic carbocycles. The van der Waals surface area contributed by atoms with E-state index in [2.05, 4.69) is 22.2 Å². The van der Waals surface area contributed by atoms with Crippen LogP contribution in [0.5, 0.6) is 0 Å². The Morgan fingerprint density at radius 1 is 1.35 bits per heavy atom. The normalized spacial score (nSPS) is 24.3. The van der Waals surface area contributed by atoms with Crippen molar-refractivity contribution in [1.82, 2.24) is 15.3 Å². The van der Waals surface area contributed by atoms with Crippen LogP contribution in [0.4, 0.5) is 5.82 Å². The molecular weight excluding hydrogens is 216 g/mol. The van der Waals surface area contributed by atoms with Crippen LogP contribution in [0.3, 0.4) is 0 Å². The summed E-state index contributed by atoms with van der Waals surface area (Å²) in [6, 6.07) is 0.260. The minimum absolute atomic E-state index is 0.156. The SMILES string of the molecule is CC1CCCCC1NC(=O)c1cnc(N)cn1. The molecule has 0 bridgehead atoms. The van der Waals surface area contributed by atoms with Crippen LogP contribution in [-0.2, 0) is 0 Å². The Morgan fingerprint density at radius 2 is 2.12 bits per heavy atom. The van der Waals surface area contributed by atoms with Crippen LogP contribution in [0.25, 0.3) is 0 Å². The first-order chi connectivity index (χ1) is 8.16. The third-order valence-electron chi connectivity index (χ3n) is 3.33. The molecule has 1 saturated carbocycles. The van der Waals surface area contributed by atoms with E-state index in [9.17, 15) is 4.79 Å². The Kier molecular flexibility index (Phi) is 3.56. The summed E-state index contributed by atoms with van der Waals surface area (Å²) in [6.07, 6.45) is 7.49. The molecule has 0 aromatic carbocycles. The highest BCUT2D eigenvalue weighted by Gasteiger charge is 2.23. The summed E-state index contributed by atoms with van der Waals surface area (Å²) in [5, 5.41) is 3.02. The minimum atomic E-state index is -0.156. The third kappa shape index (κ3) is 2.93. The topological polar surface area (TPSA) is 80.9 Å². The van der Waals surface area contributed by atoms with Gasteiger partial charge < -0.3 is 11.1 Å². The molecule has 0 aliphatic heterocycles. The molecule has 2 atom stereocenters. The van der Waals surface area contributed by atoms with Crippen molar-refractivity contribution >= 4 is 11.7 Å². The van der Waals surface area contributed by atoms with Crippen LogP contribution in [-0.4, -0.2) is 21.9 Å². The lowest BCUT2D eigenvalue weighted by molar-refractivity contribution is 0.0905. The first-order valence-electron chi connectivity index (χ1n) is 6.05. The zero-order valence-corrected chi connectivity index (χ0v) is 10.0. The van der Waals surface area contributed by atoms with Gasteiger partial charge >= 0.3 is 0 Å². The van der Waals surface area contributed by atoms with Gasteiger partial charge in [-0.2, -0.15) is 0 Å². The van der Waals surface area contributed by atoms with Gasteiger partial charge in [-0.1, -0.05) is 19.8 Å². The van der Waals surface area contributed by atoms with E-state index < -0.39 is 0 Å². The molecule has 3 N–H and O–H groups in total. The van der Waals surface area contributed by atoms with E-state index in [-0.39, 0.29) is 11.9 Å². The molecule has 1 fully saturated rings. The Hall–Kier alpha value is -1.65. The van der Waals surface area contributed by atoms with Crippen LogP contribution in [0.2, 0.25) is 0 Å². The zero-order valence-electron chi connectivity index (χ0n) is 10.0. The number of nitrogens with one attached hydrogen (secondary N) is 1. The lowest BCUT2D eigenvalue weighted by Gasteiger charge is -2.29. The fourth-order valence-electron chi connectivity index (χ4n) is 2.23. The fourth-order valence-corrected chi connectivity index (χ4v) is 2.23. The van der Waals surface area contributed by atoms with Crippen molar-refractivity contribution in [3.8, 4) is 0 Å². The highest BCUT2D eigenvalue weighted by molar-refractivity contribution is 5.92. The number of rotatable bonds is 2. The highest BCUT2D eigenvalue weighted by atomic mass is 16.1. The fraction of sp³-hybridized carbons (Fsp3) is 0.583. The van der Waals surface area contributed by atoms with Gasteiger partial charge in [0.05, 0.1) is 12.4 Å². The molecule has 2 rings (SSSR count). The van der Waals surface area contributed by atoms with Crippen molar-refractivity contribution in [2.45, 2.75) is 38.6 Å². The summed E-state index contributed by atoms with van der Waals surface area (Å²) in [6.45, 7) is 2.18. The number of carbonyl (C=O) groups excluding carboxylic acids is 1. The van der Waals surface area contributed by atoms with Crippen molar-refractivity contribution in [3.05, 3.63) is 18.1 Å². The van der Waals surface area contributed by atoms with Crippen LogP contribution in [0.15, 0.2) is 12.4 Å². The van der Waals surface area contributed by atoms with E-state index in [1.807, 2.05) is 0 Å². The maximum atomic E-state index is 11.9. The average Bonchev–Trinajstić information content (AvgIpc) is 2.33. The van der Waals surface area contributed by atoms with Gasteiger partial charge in [-0.25, -0.2) is 9.97 Å². The third-order valence-corrected chi connectivity index (χ3v) is 3.33. The van der Waals surface area contributed by atoms with Gasteiger partial charge in [0.25, 0.3) is 5.91 Å². The lowest BCUT2D eigenvalue weighted by atomic mass is 9.86. The van der Waals surface area contributed by atoms with Gasteiger partial charge in [-0.15, -0.1) is 0 Å². The molecular formula is C12H18N4O. The molecule has 0 radical (unpaired) electrons. The number of nitrogens with zero attached hydrogens (tertiary/aromatic N) is 2. The van der Waals surface area contributed by atoms with E-state index in [1.165, 1.54) is 31.7 Å². The Bertz CT molecular complexity index is 390. The quantitative estimate of drug-likeness (QED) is 0.809. The number of carbonyl (C=O) groups is 1. The van der Waals surface area contributed by atoms with Gasteiger partial charge in [-0.05, 0) is 18.8 Å². The van der Waals surface area contributed by atoms with E-state index >= 15 is 0 Å². The van der Waals surface area contributed by atoms with E-state index in [1.54, 1.807) is 0 Å². The van der Waals surface area contributed by atoms with Crippen molar-refractivity contribution in [2.24, 2.45) is 5.92 Å². The monoisotopic (exact) mass is 234 g/mol. The van der Waals surface area contributed by atoms with E-state index in [0.29, 0.717) is 17.4 Å². The summed E-state index contributed by atoms with van der Waals surface area (Å²) >= 11 is 0. The molecule has 1 amide bonds. The largest absolute Gasteiger partial charge is 0.382 e. The second kappa shape index (κ2) is 5.12. The summed E-state index contributed by atoms with van der Waals surface area (Å²) in [4.78, 5) is 19.8. The van der Waals surface area contributed by atoms with Crippen LogP contribution in [0.1, 0.15) is 43.1 Å². The molecule has 2 unspecified atom stereocenters. The highest BCUT2D eigenvalue weighted by Crippen LogP contribution is 2.23. The summed E-state index contributed by atoms with van der Waals surface area (Å²) in [5.74, 6) is 0.707. The molecule has 5 heteroatoms. The van der Waals surface area contributed by atoms with Crippen molar-refractivity contribution in [2.75, 3.05) is 5.73 Å². The second-order valence-electron chi connectivity index (χ2n) is 4.67. The lowest BCUT2D eigenvalue weighted by Crippen LogP contribution is -2.41. The van der Waals surface area contributed by atoms with E-state index in [4.69, 9.17) is 5.73 Å². The number of aromatic nitrogens is 2. The predicted molar refractivity (Wildman–Crippen MR) is 65.3 cm³/mol. The maximum Gasteiger partial charge on any atom is 0.271 e. The molecule has 1 heterocycles. The predicted octanol–water partition coefficient (Wildman–Crippen LogP) is 1.37. The first-order valence-corrected chi connectivity index (χ1v) is 6.05. The Balaban J connectivity index is 1.98. The number of nitrogens with two attached hydrogens (primary N) is 1. The molecule has 1 aliphatic rings. The van der Waals surface area contributed by atoms with Gasteiger partial charge in [0.1, 0.15) is 11.5 Å². The molecule has 92 valence electrons. The molecule has 17 heavy (non-hydrogen) atoms. The van der Waals surface area contributed by atoms with Crippen molar-refractivity contribution in [1.29, 1.82) is 0 Å². The van der Waals surface area contributed by atoms with Crippen LogP contribution < -0.4 is 11.1 Å². The number of amides is 1. The number of nitrogen functional groups attached to an aromatic ring is 1. The second-order valence-corrected chi connectivity index (χ2v) is 4.67. The van der Waals surface area contributed by atoms with Gasteiger partial charge in [0.15, 0.2) is 0 Å². The smallest absolute Gasteiger partial charge is 0.271 e. The van der Waals surface area contributed by atoms with E-state index in [0.717, 1.165) is 6.42 Å². The molecule has 0 saturated heterocycles. The van der Waals surface area contributed by atoms with Crippen LogP contribution >= 0.6 is 0 Å². The molecule has 5 nitrogen and oxygen atoms in total. The summed E-state index contributed by atoms with van der Waals surface area (Å²) in [5.41, 5.74) is 5.76. The summed E-state index contributed by atoms with van der Waals surface area (Å²) < 4.78 is 0. The number of hydrogen-bond acceptors (Lipinski definition) is 4. The average molecular weight is 234 g/mol. The number of anilines is 1. The summed E-state index contributed by atoms with van der Waals surface area (Å²) in [7, 11) is 0. The Morgan fingerprint density at radius 3 is 2.76 bits per heavy atom. The molecule has 0 spiro atoms. The van der Waals surface area contributed by atoms with Crippen molar-refractivity contribution in [3.63, 3.8) is 0 Å². The Labute approximate surface area is 101 Å².